The predicted octanol–water partition coefficient (Wildman–Crippen LogP) is 2.94. The second-order valence-electron chi connectivity index (χ2n) is 7.56. The molecule has 0 amide bonds. The number of piperazine rings is 1. The van der Waals surface area contributed by atoms with E-state index in [0.29, 0.717) is 6.54 Å². The molecular formula is C22H35IN6O2S. The summed E-state index contributed by atoms with van der Waals surface area (Å²) in [4.78, 5) is 13.8. The van der Waals surface area contributed by atoms with Crippen molar-refractivity contribution in [2.24, 2.45) is 4.99 Å². The van der Waals surface area contributed by atoms with Gasteiger partial charge in [-0.2, -0.15) is 4.37 Å². The molecule has 1 aliphatic rings. The molecule has 1 aliphatic heterocycles. The lowest BCUT2D eigenvalue weighted by Gasteiger charge is -2.36. The van der Waals surface area contributed by atoms with Gasteiger partial charge in [0, 0.05) is 50.7 Å². The quantitative estimate of drug-likeness (QED) is 0.271. The number of hydrogen-bond donors (Lipinski definition) is 2. The summed E-state index contributed by atoms with van der Waals surface area (Å²) in [5.74, 6) is 1.75. The molecule has 0 spiro atoms. The van der Waals surface area contributed by atoms with Gasteiger partial charge in [-0.1, -0.05) is 37.3 Å². The minimum Gasteiger partial charge on any atom is -0.389 e. The predicted molar refractivity (Wildman–Crippen MR) is 141 cm³/mol. The highest BCUT2D eigenvalue weighted by Crippen LogP contribution is 2.19. The summed E-state index contributed by atoms with van der Waals surface area (Å²) in [6.07, 6.45) is 0.161. The van der Waals surface area contributed by atoms with Gasteiger partial charge in [0.2, 0.25) is 5.13 Å². The molecule has 1 saturated heterocycles. The summed E-state index contributed by atoms with van der Waals surface area (Å²) in [5.41, 5.74) is 1.10. The van der Waals surface area contributed by atoms with Crippen molar-refractivity contribution in [1.29, 1.82) is 0 Å². The second-order valence-corrected chi connectivity index (χ2v) is 8.29. The van der Waals surface area contributed by atoms with Crippen LogP contribution in [0.25, 0.3) is 0 Å². The Labute approximate surface area is 212 Å². The molecule has 2 heterocycles. The highest BCUT2D eigenvalue weighted by atomic mass is 127. The maximum atomic E-state index is 10.4. The Morgan fingerprint density at radius 3 is 2.56 bits per heavy atom. The molecule has 2 unspecified atom stereocenters. The van der Waals surface area contributed by atoms with E-state index in [1.165, 1.54) is 11.5 Å². The number of aliphatic hydroxyl groups excluding tert-OH is 1. The summed E-state index contributed by atoms with van der Waals surface area (Å²) in [6, 6.07) is 10.0. The molecule has 0 radical (unpaired) electrons. The number of ether oxygens (including phenoxy) is 1. The first-order valence-corrected chi connectivity index (χ1v) is 11.8. The van der Waals surface area contributed by atoms with Crippen LogP contribution in [0.2, 0.25) is 0 Å². The van der Waals surface area contributed by atoms with Crippen LogP contribution in [0.15, 0.2) is 35.3 Å². The Morgan fingerprint density at radius 1 is 1.22 bits per heavy atom. The Bertz CT molecular complexity index is 814. The zero-order chi connectivity index (χ0) is 22.1. The van der Waals surface area contributed by atoms with Crippen molar-refractivity contribution in [2.45, 2.75) is 39.4 Å². The van der Waals surface area contributed by atoms with E-state index in [4.69, 9.17) is 4.74 Å². The van der Waals surface area contributed by atoms with Crippen LogP contribution in [0.1, 0.15) is 38.3 Å². The third-order valence-electron chi connectivity index (χ3n) is 5.22. The summed E-state index contributed by atoms with van der Waals surface area (Å²) >= 11 is 1.47. The third-order valence-corrected chi connectivity index (χ3v) is 6.03. The van der Waals surface area contributed by atoms with E-state index in [9.17, 15) is 5.11 Å². The highest BCUT2D eigenvalue weighted by Gasteiger charge is 2.22. The average molecular weight is 575 g/mol. The number of anilines is 1. The van der Waals surface area contributed by atoms with Crippen molar-refractivity contribution in [3.8, 4) is 0 Å². The summed E-state index contributed by atoms with van der Waals surface area (Å²) in [6.45, 7) is 10.9. The third kappa shape index (κ3) is 7.82. The maximum absolute atomic E-state index is 10.4. The van der Waals surface area contributed by atoms with Crippen molar-refractivity contribution in [3.05, 3.63) is 41.7 Å². The molecule has 8 nitrogen and oxygen atoms in total. The van der Waals surface area contributed by atoms with Gasteiger partial charge in [0.25, 0.3) is 0 Å². The van der Waals surface area contributed by atoms with Gasteiger partial charge in [-0.25, -0.2) is 4.98 Å². The normalized spacial score (nSPS) is 16.4. The number of aromatic nitrogens is 2. The first-order chi connectivity index (χ1) is 15.1. The van der Waals surface area contributed by atoms with Gasteiger partial charge in [-0.3, -0.25) is 4.99 Å². The first-order valence-electron chi connectivity index (χ1n) is 11.1. The fourth-order valence-electron chi connectivity index (χ4n) is 3.37. The van der Waals surface area contributed by atoms with Gasteiger partial charge < -0.3 is 25.0 Å². The summed E-state index contributed by atoms with van der Waals surface area (Å²) in [7, 11) is 0. The fraction of sp³-hybridized carbons (Fsp3) is 0.591. The maximum Gasteiger partial charge on any atom is 0.205 e. The van der Waals surface area contributed by atoms with Crippen molar-refractivity contribution < 1.29 is 9.84 Å². The SMILES string of the molecule is CCNC(=NCC(O)COC(C)c1ccccc1)N1CCN(c2nc(CC)ns2)CC1.I. The van der Waals surface area contributed by atoms with Crippen LogP contribution in [0.5, 0.6) is 0 Å². The minimum absolute atomic E-state index is 0. The molecule has 10 heteroatoms. The Morgan fingerprint density at radius 2 is 1.94 bits per heavy atom. The number of rotatable bonds is 9. The number of aryl methyl sites for hydroxylation is 1. The number of halogens is 1. The van der Waals surface area contributed by atoms with Gasteiger partial charge in [-0.05, 0) is 19.4 Å². The molecular weight excluding hydrogens is 539 g/mol. The molecule has 3 rings (SSSR count). The molecule has 0 bridgehead atoms. The zero-order valence-corrected chi connectivity index (χ0v) is 22.3. The van der Waals surface area contributed by atoms with Crippen molar-refractivity contribution in [1.82, 2.24) is 19.6 Å². The van der Waals surface area contributed by atoms with Crippen LogP contribution in [0.4, 0.5) is 5.13 Å². The van der Waals surface area contributed by atoms with Crippen LogP contribution in [0, 0.1) is 0 Å². The summed E-state index contributed by atoms with van der Waals surface area (Å²) < 4.78 is 10.2. The lowest BCUT2D eigenvalue weighted by atomic mass is 10.1. The van der Waals surface area contributed by atoms with E-state index in [2.05, 4.69) is 43.3 Å². The van der Waals surface area contributed by atoms with Crippen molar-refractivity contribution in [3.63, 3.8) is 0 Å². The van der Waals surface area contributed by atoms with Gasteiger partial charge in [-0.15, -0.1) is 24.0 Å². The molecule has 2 atom stereocenters. The number of nitrogens with zero attached hydrogens (tertiary/aromatic N) is 5. The van der Waals surface area contributed by atoms with E-state index in [1.54, 1.807) is 0 Å². The zero-order valence-electron chi connectivity index (χ0n) is 19.1. The molecule has 1 aromatic heterocycles. The van der Waals surface area contributed by atoms with Crippen LogP contribution in [-0.2, 0) is 11.2 Å². The molecule has 178 valence electrons. The summed E-state index contributed by atoms with van der Waals surface area (Å²) in [5, 5.41) is 14.7. The van der Waals surface area contributed by atoms with Crippen molar-refractivity contribution in [2.75, 3.05) is 50.8 Å². The number of nitrogens with one attached hydrogen (secondary N) is 1. The molecule has 0 aliphatic carbocycles. The molecule has 1 fully saturated rings. The van der Waals surface area contributed by atoms with Crippen LogP contribution in [-0.4, -0.2) is 77.3 Å². The van der Waals surface area contributed by atoms with Crippen LogP contribution in [0.3, 0.4) is 0 Å². The monoisotopic (exact) mass is 574 g/mol. The van der Waals surface area contributed by atoms with E-state index < -0.39 is 6.10 Å². The largest absolute Gasteiger partial charge is 0.389 e. The van der Waals surface area contributed by atoms with Crippen LogP contribution >= 0.6 is 35.5 Å². The first kappa shape index (κ1) is 26.7. The molecule has 2 N–H and O–H groups in total. The fourth-order valence-corrected chi connectivity index (χ4v) is 4.17. The lowest BCUT2D eigenvalue weighted by molar-refractivity contribution is 0.00105. The van der Waals surface area contributed by atoms with Gasteiger partial charge >= 0.3 is 0 Å². The lowest BCUT2D eigenvalue weighted by Crippen LogP contribution is -2.52. The van der Waals surface area contributed by atoms with E-state index >= 15 is 0 Å². The van der Waals surface area contributed by atoms with Gasteiger partial charge in [0.05, 0.1) is 25.4 Å². The minimum atomic E-state index is -0.644. The topological polar surface area (TPSA) is 86.1 Å². The van der Waals surface area contributed by atoms with Gasteiger partial charge in [0.1, 0.15) is 5.82 Å². The van der Waals surface area contributed by atoms with E-state index in [-0.39, 0.29) is 36.7 Å². The van der Waals surface area contributed by atoms with E-state index in [0.717, 1.165) is 61.6 Å². The highest BCUT2D eigenvalue weighted by molar-refractivity contribution is 14.0. The average Bonchev–Trinajstić information content (AvgIpc) is 3.30. The Kier molecular flexibility index (Phi) is 11.6. The number of aliphatic imine (C=N–C) groups is 1. The smallest absolute Gasteiger partial charge is 0.205 e. The number of hydrogen-bond acceptors (Lipinski definition) is 7. The van der Waals surface area contributed by atoms with Crippen LogP contribution < -0.4 is 10.2 Å². The molecule has 1 aromatic carbocycles. The Balaban J connectivity index is 0.00000363. The van der Waals surface area contributed by atoms with E-state index in [1.807, 2.05) is 37.3 Å². The van der Waals surface area contributed by atoms with Crippen molar-refractivity contribution >= 4 is 46.6 Å². The number of aliphatic hydroxyl groups is 1. The number of guanidine groups is 1. The Hall–Kier alpha value is -1.50. The second kappa shape index (κ2) is 13.9. The molecule has 32 heavy (non-hydrogen) atoms. The van der Waals surface area contributed by atoms with Gasteiger partial charge in [0.15, 0.2) is 5.96 Å². The number of benzene rings is 1. The molecule has 0 saturated carbocycles. The standard InChI is InChI=1S/C22H34N6O2S.HI/c1-4-20-25-22(31-26-20)28-13-11-27(12-14-28)21(23-5-2)24-15-19(29)16-30-17(3)18-9-7-6-8-10-18;/h6-10,17,19,29H,4-5,11-16H2,1-3H3,(H,23,24);1H. The molecule has 2 aromatic rings.